The van der Waals surface area contributed by atoms with Crippen molar-refractivity contribution >= 4 is 16.7 Å². The van der Waals surface area contributed by atoms with E-state index in [1.807, 2.05) is 4.90 Å². The van der Waals surface area contributed by atoms with E-state index in [0.717, 1.165) is 25.9 Å². The van der Waals surface area contributed by atoms with Gasteiger partial charge in [-0.05, 0) is 42.7 Å². The van der Waals surface area contributed by atoms with Crippen molar-refractivity contribution in [2.24, 2.45) is 0 Å². The lowest BCUT2D eigenvalue weighted by Gasteiger charge is -2.19. The Balaban J connectivity index is 1.92. The Morgan fingerprint density at radius 2 is 1.83 bits per heavy atom. The number of benzene rings is 2. The highest BCUT2D eigenvalue weighted by molar-refractivity contribution is 5.84. The molecular weight excluding hydrogens is 309 g/mol. The summed E-state index contributed by atoms with van der Waals surface area (Å²) in [6.07, 6.45) is 2.04. The Morgan fingerprint density at radius 3 is 2.62 bits per heavy atom. The van der Waals surface area contributed by atoms with Crippen LogP contribution in [0, 0.1) is 5.82 Å². The van der Waals surface area contributed by atoms with Crippen LogP contribution < -0.4 is 10.3 Å². The number of fused-ring (bicyclic) bond motifs is 1. The summed E-state index contributed by atoms with van der Waals surface area (Å²) in [6.45, 7) is 1.58. The first kappa shape index (κ1) is 14.8. The van der Waals surface area contributed by atoms with Crippen LogP contribution in [0.15, 0.2) is 51.7 Å². The molecule has 0 spiro atoms. The number of hydrogen-bond acceptors (Lipinski definition) is 4. The Hall–Kier alpha value is -2.82. The van der Waals surface area contributed by atoms with Crippen LogP contribution in [-0.4, -0.2) is 18.2 Å². The molecule has 0 radical (unpaired) electrons. The first-order chi connectivity index (χ1) is 11.6. The molecule has 2 aromatic carbocycles. The van der Waals surface area contributed by atoms with E-state index in [1.54, 1.807) is 30.3 Å². The minimum atomic E-state index is -0.447. The SMILES string of the molecule is O=c1c(-c2ccc(F)c(N3CCCC3)c2)c(O)oc2ccccc12. The van der Waals surface area contributed by atoms with Crippen molar-refractivity contribution in [3.8, 4) is 17.1 Å². The molecule has 0 saturated carbocycles. The number of nitrogens with zero attached hydrogens (tertiary/aromatic N) is 1. The van der Waals surface area contributed by atoms with Gasteiger partial charge >= 0.3 is 0 Å². The van der Waals surface area contributed by atoms with E-state index in [9.17, 15) is 14.3 Å². The molecule has 0 aliphatic carbocycles. The summed E-state index contributed by atoms with van der Waals surface area (Å²) in [5.74, 6) is -0.775. The fourth-order valence-electron chi connectivity index (χ4n) is 3.25. The fraction of sp³-hybridized carbons (Fsp3) is 0.211. The summed E-state index contributed by atoms with van der Waals surface area (Å²) >= 11 is 0. The number of rotatable bonds is 2. The fourth-order valence-corrected chi connectivity index (χ4v) is 3.25. The number of anilines is 1. The van der Waals surface area contributed by atoms with E-state index >= 15 is 0 Å². The van der Waals surface area contributed by atoms with Gasteiger partial charge in [0.1, 0.15) is 17.0 Å². The van der Waals surface area contributed by atoms with Gasteiger partial charge in [0, 0.05) is 13.1 Å². The van der Waals surface area contributed by atoms with Gasteiger partial charge in [0.05, 0.1) is 11.1 Å². The van der Waals surface area contributed by atoms with Gasteiger partial charge in [0.2, 0.25) is 5.43 Å². The zero-order valence-electron chi connectivity index (χ0n) is 13.0. The number of halogens is 1. The maximum atomic E-state index is 14.2. The first-order valence-corrected chi connectivity index (χ1v) is 7.95. The van der Waals surface area contributed by atoms with Crippen LogP contribution in [0.25, 0.3) is 22.1 Å². The molecule has 1 aromatic heterocycles. The summed E-state index contributed by atoms with van der Waals surface area (Å²) in [7, 11) is 0. The lowest BCUT2D eigenvalue weighted by molar-refractivity contribution is 0.342. The zero-order chi connectivity index (χ0) is 16.7. The van der Waals surface area contributed by atoms with Crippen molar-refractivity contribution in [2.75, 3.05) is 18.0 Å². The van der Waals surface area contributed by atoms with Gasteiger partial charge < -0.3 is 14.4 Å². The molecule has 0 bridgehead atoms. The number of aromatic hydroxyl groups is 1. The van der Waals surface area contributed by atoms with Crippen molar-refractivity contribution < 1.29 is 13.9 Å². The molecular formula is C19H16FNO3. The van der Waals surface area contributed by atoms with Crippen LogP contribution in [0.1, 0.15) is 12.8 Å². The predicted octanol–water partition coefficient (Wildman–Crippen LogP) is 3.90. The Kier molecular flexibility index (Phi) is 3.49. The third-order valence-corrected chi connectivity index (χ3v) is 4.46. The van der Waals surface area contributed by atoms with Gasteiger partial charge in [0.25, 0.3) is 5.95 Å². The van der Waals surface area contributed by atoms with E-state index < -0.39 is 5.95 Å². The van der Waals surface area contributed by atoms with Crippen LogP contribution in [0.5, 0.6) is 5.95 Å². The number of hydrogen-bond donors (Lipinski definition) is 1. The van der Waals surface area contributed by atoms with Gasteiger partial charge in [0.15, 0.2) is 0 Å². The van der Waals surface area contributed by atoms with E-state index in [-0.39, 0.29) is 16.8 Å². The van der Waals surface area contributed by atoms with Crippen molar-refractivity contribution in [1.29, 1.82) is 0 Å². The van der Waals surface area contributed by atoms with Crippen LogP contribution in [-0.2, 0) is 0 Å². The second-order valence-electron chi connectivity index (χ2n) is 5.97. The maximum absolute atomic E-state index is 14.2. The smallest absolute Gasteiger partial charge is 0.294 e. The van der Waals surface area contributed by atoms with Crippen LogP contribution in [0.2, 0.25) is 0 Å². The Labute approximate surface area is 137 Å². The molecule has 24 heavy (non-hydrogen) atoms. The zero-order valence-corrected chi connectivity index (χ0v) is 13.0. The highest BCUT2D eigenvalue weighted by atomic mass is 19.1. The minimum absolute atomic E-state index is 0.0640. The Bertz CT molecular complexity index is 974. The molecule has 2 heterocycles. The number of para-hydroxylation sites is 1. The van der Waals surface area contributed by atoms with E-state index in [1.165, 1.54) is 12.1 Å². The van der Waals surface area contributed by atoms with Crippen molar-refractivity contribution in [3.05, 3.63) is 58.5 Å². The molecule has 0 amide bonds. The topological polar surface area (TPSA) is 53.7 Å². The monoisotopic (exact) mass is 325 g/mol. The summed E-state index contributed by atoms with van der Waals surface area (Å²) in [5, 5.41) is 10.6. The molecule has 1 N–H and O–H groups in total. The highest BCUT2D eigenvalue weighted by Gasteiger charge is 2.20. The summed E-state index contributed by atoms with van der Waals surface area (Å²) in [5.41, 5.74) is 0.973. The molecule has 3 aromatic rings. The molecule has 4 rings (SSSR count). The van der Waals surface area contributed by atoms with Crippen LogP contribution >= 0.6 is 0 Å². The molecule has 122 valence electrons. The molecule has 1 aliphatic heterocycles. The Morgan fingerprint density at radius 1 is 1.08 bits per heavy atom. The first-order valence-electron chi connectivity index (χ1n) is 7.95. The lowest BCUT2D eigenvalue weighted by atomic mass is 10.0. The predicted molar refractivity (Wildman–Crippen MR) is 91.0 cm³/mol. The van der Waals surface area contributed by atoms with Gasteiger partial charge in [-0.2, -0.15) is 0 Å². The summed E-state index contributed by atoms with van der Waals surface area (Å²) < 4.78 is 19.6. The summed E-state index contributed by atoms with van der Waals surface area (Å²) in [4.78, 5) is 14.7. The molecule has 0 atom stereocenters. The molecule has 1 fully saturated rings. The van der Waals surface area contributed by atoms with E-state index in [2.05, 4.69) is 0 Å². The standard InChI is InChI=1S/C19H16FNO3/c20-14-8-7-12(11-15(14)21-9-3-4-10-21)17-18(22)13-5-1-2-6-16(13)24-19(17)23/h1-2,5-8,11,23H,3-4,9-10H2. The molecule has 1 saturated heterocycles. The largest absolute Gasteiger partial charge is 0.480 e. The minimum Gasteiger partial charge on any atom is -0.480 e. The second-order valence-corrected chi connectivity index (χ2v) is 5.97. The average molecular weight is 325 g/mol. The molecule has 0 unspecified atom stereocenters. The van der Waals surface area contributed by atoms with Crippen molar-refractivity contribution in [1.82, 2.24) is 0 Å². The van der Waals surface area contributed by atoms with Crippen molar-refractivity contribution in [3.63, 3.8) is 0 Å². The quantitative estimate of drug-likeness (QED) is 0.776. The third-order valence-electron chi connectivity index (χ3n) is 4.46. The second kappa shape index (κ2) is 5.67. The van der Waals surface area contributed by atoms with E-state index in [0.29, 0.717) is 22.2 Å². The van der Waals surface area contributed by atoms with Crippen LogP contribution in [0.3, 0.4) is 0 Å². The third kappa shape index (κ3) is 2.33. The molecule has 4 nitrogen and oxygen atoms in total. The molecule has 1 aliphatic rings. The lowest BCUT2D eigenvalue weighted by Crippen LogP contribution is -2.19. The van der Waals surface area contributed by atoms with Crippen molar-refractivity contribution in [2.45, 2.75) is 12.8 Å². The summed E-state index contributed by atoms with van der Waals surface area (Å²) in [6, 6.07) is 11.2. The van der Waals surface area contributed by atoms with E-state index in [4.69, 9.17) is 4.42 Å². The van der Waals surface area contributed by atoms with Gasteiger partial charge in [-0.15, -0.1) is 0 Å². The molecule has 5 heteroatoms. The average Bonchev–Trinajstić information content (AvgIpc) is 3.10. The normalized spacial score (nSPS) is 14.5. The van der Waals surface area contributed by atoms with Gasteiger partial charge in [-0.3, -0.25) is 4.79 Å². The highest BCUT2D eigenvalue weighted by Crippen LogP contribution is 2.33. The van der Waals surface area contributed by atoms with Gasteiger partial charge in [-0.1, -0.05) is 18.2 Å². The maximum Gasteiger partial charge on any atom is 0.294 e. The van der Waals surface area contributed by atoms with Gasteiger partial charge in [-0.25, -0.2) is 4.39 Å². The van der Waals surface area contributed by atoms with Crippen LogP contribution in [0.4, 0.5) is 10.1 Å².